The standard InChI is InChI=1S/C61H44N2OS/c1-6-19-43(20-7-1)44-33-35-49(36-34-44)63(58-38-37-57(65-58)45-21-8-2-9-22-45)50-41-53(51-30-18-32-56-60(51)62(39-40-64-56)48-27-14-5-15-28-48)59-52-29-16-17-31-54(52)61(55(59)42-50,46-23-10-3-11-24-46)47-25-12-4-13-26-47/h1-38,41-42H,39-40H2. The van der Waals surface area contributed by atoms with Gasteiger partial charge in [-0.3, -0.25) is 0 Å². The Bertz CT molecular complexity index is 3240. The van der Waals surface area contributed by atoms with Crippen LogP contribution in [0.1, 0.15) is 22.3 Å². The fourth-order valence-electron chi connectivity index (χ4n) is 10.3. The highest BCUT2D eigenvalue weighted by molar-refractivity contribution is 7.19. The molecule has 0 amide bonds. The molecule has 9 aromatic carbocycles. The lowest BCUT2D eigenvalue weighted by atomic mass is 9.67. The number of anilines is 5. The first kappa shape index (κ1) is 38.7. The second-order valence-corrected chi connectivity index (χ2v) is 17.7. The van der Waals surface area contributed by atoms with E-state index in [4.69, 9.17) is 4.74 Å². The summed E-state index contributed by atoms with van der Waals surface area (Å²) in [5, 5.41) is 1.13. The summed E-state index contributed by atoms with van der Waals surface area (Å²) in [6.07, 6.45) is 0. The second kappa shape index (κ2) is 16.3. The van der Waals surface area contributed by atoms with Gasteiger partial charge in [0.15, 0.2) is 0 Å². The normalized spacial score (nSPS) is 13.3. The summed E-state index contributed by atoms with van der Waals surface area (Å²) in [7, 11) is 0. The van der Waals surface area contributed by atoms with Crippen molar-refractivity contribution in [1.82, 2.24) is 0 Å². The first-order valence-corrected chi connectivity index (χ1v) is 23.2. The molecule has 310 valence electrons. The number of para-hydroxylation sites is 2. The van der Waals surface area contributed by atoms with E-state index < -0.39 is 5.41 Å². The number of fused-ring (bicyclic) bond motifs is 4. The van der Waals surface area contributed by atoms with E-state index >= 15 is 0 Å². The minimum Gasteiger partial charge on any atom is -0.490 e. The van der Waals surface area contributed by atoms with Gasteiger partial charge in [0, 0.05) is 27.5 Å². The third-order valence-corrected chi connectivity index (χ3v) is 14.2. The van der Waals surface area contributed by atoms with Gasteiger partial charge in [0.25, 0.3) is 0 Å². The minimum absolute atomic E-state index is 0.604. The van der Waals surface area contributed by atoms with Crippen LogP contribution in [0.2, 0.25) is 0 Å². The Morgan fingerprint density at radius 1 is 0.446 bits per heavy atom. The molecule has 1 aliphatic carbocycles. The van der Waals surface area contributed by atoms with E-state index in [1.54, 1.807) is 0 Å². The van der Waals surface area contributed by atoms with Crippen LogP contribution in [0.5, 0.6) is 5.75 Å². The van der Waals surface area contributed by atoms with E-state index in [1.165, 1.54) is 54.9 Å². The topological polar surface area (TPSA) is 15.7 Å². The summed E-state index contributed by atoms with van der Waals surface area (Å²) in [6, 6.07) is 88.6. The van der Waals surface area contributed by atoms with E-state index in [1.807, 2.05) is 11.3 Å². The van der Waals surface area contributed by atoms with Gasteiger partial charge in [-0.1, -0.05) is 188 Å². The summed E-state index contributed by atoms with van der Waals surface area (Å²) >= 11 is 1.82. The SMILES string of the molecule is c1ccc(-c2ccc(N(c3cc(-c4cccc5c4N(c4ccccc4)CCO5)c4c(c3)C(c3ccccc3)(c3ccccc3)c3ccccc3-4)c3ccc(-c4ccccc4)s3)cc2)cc1. The van der Waals surface area contributed by atoms with E-state index in [9.17, 15) is 0 Å². The van der Waals surface area contributed by atoms with Gasteiger partial charge in [-0.15, -0.1) is 11.3 Å². The predicted molar refractivity (Wildman–Crippen MR) is 272 cm³/mol. The van der Waals surface area contributed by atoms with Crippen molar-refractivity contribution in [2.24, 2.45) is 0 Å². The van der Waals surface area contributed by atoms with Crippen LogP contribution in [0.3, 0.4) is 0 Å². The van der Waals surface area contributed by atoms with E-state index in [2.05, 4.69) is 252 Å². The van der Waals surface area contributed by atoms with Gasteiger partial charge in [-0.25, -0.2) is 0 Å². The maximum Gasteiger partial charge on any atom is 0.143 e. The molecule has 2 aliphatic rings. The molecule has 1 aliphatic heterocycles. The summed E-state index contributed by atoms with van der Waals surface area (Å²) in [6.45, 7) is 1.34. The molecule has 0 radical (unpaired) electrons. The van der Waals surface area contributed by atoms with Crippen molar-refractivity contribution in [1.29, 1.82) is 0 Å². The van der Waals surface area contributed by atoms with Gasteiger partial charge in [0.05, 0.1) is 17.6 Å². The van der Waals surface area contributed by atoms with Crippen molar-refractivity contribution in [3.05, 3.63) is 265 Å². The molecule has 65 heavy (non-hydrogen) atoms. The molecule has 4 heteroatoms. The molecule has 0 spiro atoms. The highest BCUT2D eigenvalue weighted by Crippen LogP contribution is 2.61. The van der Waals surface area contributed by atoms with E-state index in [0.29, 0.717) is 6.61 Å². The average molecular weight is 853 g/mol. The first-order valence-electron chi connectivity index (χ1n) is 22.3. The molecular formula is C61H44N2OS. The molecule has 0 N–H and O–H groups in total. The third-order valence-electron chi connectivity index (χ3n) is 13.1. The molecular weight excluding hydrogens is 809 g/mol. The van der Waals surface area contributed by atoms with Crippen molar-refractivity contribution in [2.75, 3.05) is 23.0 Å². The lowest BCUT2D eigenvalue weighted by Crippen LogP contribution is -2.29. The Hall–Kier alpha value is -7.92. The number of rotatable bonds is 9. The highest BCUT2D eigenvalue weighted by Gasteiger charge is 2.48. The Kier molecular flexibility index (Phi) is 9.73. The van der Waals surface area contributed by atoms with Crippen LogP contribution < -0.4 is 14.5 Å². The summed E-state index contributed by atoms with van der Waals surface area (Å²) in [5.74, 6) is 0.888. The third kappa shape index (κ3) is 6.56. The van der Waals surface area contributed by atoms with Crippen LogP contribution in [0.25, 0.3) is 43.8 Å². The fourth-order valence-corrected chi connectivity index (χ4v) is 11.3. The Labute approximate surface area is 384 Å². The molecule has 3 nitrogen and oxygen atoms in total. The highest BCUT2D eigenvalue weighted by atomic mass is 32.1. The lowest BCUT2D eigenvalue weighted by Gasteiger charge is -2.36. The van der Waals surface area contributed by atoms with Crippen LogP contribution in [0, 0.1) is 0 Å². The lowest BCUT2D eigenvalue weighted by molar-refractivity contribution is 0.314. The number of nitrogens with zero attached hydrogens (tertiary/aromatic N) is 2. The summed E-state index contributed by atoms with van der Waals surface area (Å²) < 4.78 is 6.56. The van der Waals surface area contributed by atoms with Gasteiger partial charge < -0.3 is 14.5 Å². The maximum absolute atomic E-state index is 6.56. The Balaban J connectivity index is 1.19. The van der Waals surface area contributed by atoms with Crippen LogP contribution in [0.15, 0.2) is 243 Å². The largest absolute Gasteiger partial charge is 0.490 e. The molecule has 1 aromatic heterocycles. The van der Waals surface area contributed by atoms with Crippen molar-refractivity contribution in [3.63, 3.8) is 0 Å². The second-order valence-electron chi connectivity index (χ2n) is 16.7. The summed E-state index contributed by atoms with van der Waals surface area (Å²) in [5.41, 5.74) is 17.1. The molecule has 0 fully saturated rings. The molecule has 0 atom stereocenters. The molecule has 12 rings (SSSR count). The Morgan fingerprint density at radius 2 is 1.03 bits per heavy atom. The van der Waals surface area contributed by atoms with Gasteiger partial charge in [0.2, 0.25) is 0 Å². The average Bonchev–Trinajstić information content (AvgIpc) is 3.99. The van der Waals surface area contributed by atoms with Crippen LogP contribution >= 0.6 is 11.3 Å². The number of ether oxygens (including phenoxy) is 1. The first-order chi connectivity index (χ1) is 32.3. The Morgan fingerprint density at radius 3 is 1.72 bits per heavy atom. The van der Waals surface area contributed by atoms with Gasteiger partial charge in [-0.05, 0) is 110 Å². The zero-order valence-corrected chi connectivity index (χ0v) is 36.5. The monoisotopic (exact) mass is 852 g/mol. The quantitative estimate of drug-likeness (QED) is 0.144. The number of benzene rings is 9. The van der Waals surface area contributed by atoms with Crippen LogP contribution in [-0.4, -0.2) is 13.2 Å². The minimum atomic E-state index is -0.628. The smallest absolute Gasteiger partial charge is 0.143 e. The van der Waals surface area contributed by atoms with Gasteiger partial charge in [0.1, 0.15) is 17.4 Å². The van der Waals surface area contributed by atoms with E-state index in [-0.39, 0.29) is 0 Å². The zero-order valence-electron chi connectivity index (χ0n) is 35.7. The molecule has 2 heterocycles. The van der Waals surface area contributed by atoms with Crippen LogP contribution in [0.4, 0.5) is 27.8 Å². The van der Waals surface area contributed by atoms with Gasteiger partial charge in [-0.2, -0.15) is 0 Å². The molecule has 10 aromatic rings. The molecule has 0 saturated carbocycles. The predicted octanol–water partition coefficient (Wildman–Crippen LogP) is 16.1. The molecule has 0 saturated heterocycles. The van der Waals surface area contributed by atoms with E-state index in [0.717, 1.165) is 51.2 Å². The van der Waals surface area contributed by atoms with Crippen molar-refractivity contribution in [3.8, 4) is 49.6 Å². The zero-order chi connectivity index (χ0) is 43.2. The van der Waals surface area contributed by atoms with Crippen LogP contribution in [-0.2, 0) is 5.41 Å². The van der Waals surface area contributed by atoms with Crippen molar-refractivity contribution < 1.29 is 4.74 Å². The fraction of sp³-hybridized carbons (Fsp3) is 0.0492. The van der Waals surface area contributed by atoms with Crippen molar-refractivity contribution in [2.45, 2.75) is 5.41 Å². The maximum atomic E-state index is 6.56. The molecule has 0 bridgehead atoms. The summed E-state index contributed by atoms with van der Waals surface area (Å²) in [4.78, 5) is 6.14. The number of hydrogen-bond donors (Lipinski definition) is 0. The molecule has 0 unspecified atom stereocenters. The van der Waals surface area contributed by atoms with Gasteiger partial charge >= 0.3 is 0 Å². The van der Waals surface area contributed by atoms with Crippen molar-refractivity contribution >= 4 is 39.1 Å². The number of thiophene rings is 1. The number of hydrogen-bond acceptors (Lipinski definition) is 4.